The van der Waals surface area contributed by atoms with E-state index in [9.17, 15) is 0 Å². The molecule has 2 rings (SSSR count). The van der Waals surface area contributed by atoms with Crippen molar-refractivity contribution in [3.8, 4) is 5.75 Å². The number of pyridine rings is 1. The molecule has 0 radical (unpaired) electrons. The second kappa shape index (κ2) is 7.85. The van der Waals surface area contributed by atoms with Gasteiger partial charge in [0, 0.05) is 17.6 Å². The molecule has 1 N–H and O–H groups in total. The zero-order chi connectivity index (χ0) is 14.2. The van der Waals surface area contributed by atoms with Gasteiger partial charge in [-0.25, -0.2) is 0 Å². The summed E-state index contributed by atoms with van der Waals surface area (Å²) in [5.41, 5.74) is 0.989. The van der Waals surface area contributed by atoms with Gasteiger partial charge in [0.1, 0.15) is 5.75 Å². The van der Waals surface area contributed by atoms with Crippen molar-refractivity contribution in [2.75, 3.05) is 13.2 Å². The van der Waals surface area contributed by atoms with Crippen molar-refractivity contribution in [3.63, 3.8) is 0 Å². The molecule has 2 aromatic rings. The maximum atomic E-state index is 5.91. The van der Waals surface area contributed by atoms with Gasteiger partial charge in [0.25, 0.3) is 0 Å². The third kappa shape index (κ3) is 4.20. The topological polar surface area (TPSA) is 34.1 Å². The van der Waals surface area contributed by atoms with Gasteiger partial charge >= 0.3 is 0 Å². The van der Waals surface area contributed by atoms with E-state index in [1.54, 1.807) is 0 Å². The minimum Gasteiger partial charge on any atom is -0.493 e. The molecule has 0 spiro atoms. The molecule has 0 aliphatic rings. The van der Waals surface area contributed by atoms with Gasteiger partial charge in [0.15, 0.2) is 0 Å². The van der Waals surface area contributed by atoms with E-state index in [0.29, 0.717) is 6.04 Å². The van der Waals surface area contributed by atoms with Crippen LogP contribution in [0, 0.1) is 0 Å². The van der Waals surface area contributed by atoms with Gasteiger partial charge in [-0.15, -0.1) is 0 Å². The molecule has 0 saturated carbocycles. The summed E-state index contributed by atoms with van der Waals surface area (Å²) in [6.07, 6.45) is 5.20. The van der Waals surface area contributed by atoms with Gasteiger partial charge in [0.05, 0.1) is 12.1 Å². The molecule has 108 valence electrons. The lowest BCUT2D eigenvalue weighted by Crippen LogP contribution is -2.26. The number of fused-ring (bicyclic) bond motifs is 1. The van der Waals surface area contributed by atoms with Crippen molar-refractivity contribution in [1.29, 1.82) is 0 Å². The summed E-state index contributed by atoms with van der Waals surface area (Å²) in [7, 11) is 0. The Kier molecular flexibility index (Phi) is 5.81. The van der Waals surface area contributed by atoms with E-state index in [1.165, 1.54) is 6.42 Å². The summed E-state index contributed by atoms with van der Waals surface area (Å²) >= 11 is 0. The molecule has 0 amide bonds. The maximum Gasteiger partial charge on any atom is 0.128 e. The molecular weight excluding hydrogens is 248 g/mol. The molecule has 1 aromatic carbocycles. The number of nitrogens with one attached hydrogen (secondary N) is 1. The van der Waals surface area contributed by atoms with Gasteiger partial charge in [-0.2, -0.15) is 0 Å². The Morgan fingerprint density at radius 1 is 1.25 bits per heavy atom. The van der Waals surface area contributed by atoms with E-state index in [4.69, 9.17) is 4.74 Å². The summed E-state index contributed by atoms with van der Waals surface area (Å²) in [5.74, 6) is 0.935. The summed E-state index contributed by atoms with van der Waals surface area (Å²) in [5, 5.41) is 4.58. The predicted molar refractivity (Wildman–Crippen MR) is 84.2 cm³/mol. The van der Waals surface area contributed by atoms with E-state index in [1.807, 2.05) is 30.5 Å². The second-order valence-corrected chi connectivity index (χ2v) is 5.17. The van der Waals surface area contributed by atoms with E-state index in [-0.39, 0.29) is 0 Å². The minimum atomic E-state index is 0.563. The lowest BCUT2D eigenvalue weighted by molar-refractivity contribution is 0.301. The third-order valence-corrected chi connectivity index (χ3v) is 3.39. The Bertz CT molecular complexity index is 522. The fraction of sp³-hybridized carbons (Fsp3) is 0.471. The molecule has 1 heterocycles. The highest BCUT2D eigenvalue weighted by atomic mass is 16.5. The molecule has 0 aliphatic carbocycles. The van der Waals surface area contributed by atoms with Gasteiger partial charge in [0.2, 0.25) is 0 Å². The second-order valence-electron chi connectivity index (χ2n) is 5.17. The van der Waals surface area contributed by atoms with Gasteiger partial charge in [-0.1, -0.05) is 13.0 Å². The number of aromatic nitrogens is 1. The average Bonchev–Trinajstić information content (AvgIpc) is 2.49. The highest BCUT2D eigenvalue weighted by Crippen LogP contribution is 2.23. The Morgan fingerprint density at radius 3 is 3.00 bits per heavy atom. The first kappa shape index (κ1) is 14.8. The quantitative estimate of drug-likeness (QED) is 0.743. The van der Waals surface area contributed by atoms with Crippen LogP contribution in [-0.2, 0) is 0 Å². The number of nitrogens with zero attached hydrogens (tertiary/aromatic N) is 1. The first-order valence-corrected chi connectivity index (χ1v) is 7.51. The number of hydrogen-bond acceptors (Lipinski definition) is 3. The van der Waals surface area contributed by atoms with Crippen molar-refractivity contribution in [1.82, 2.24) is 10.3 Å². The Balaban J connectivity index is 1.81. The van der Waals surface area contributed by atoms with Gasteiger partial charge in [-0.05, 0) is 57.0 Å². The van der Waals surface area contributed by atoms with Gasteiger partial charge in [-0.3, -0.25) is 4.98 Å². The molecular formula is C17H24N2O. The van der Waals surface area contributed by atoms with Crippen LogP contribution in [0.3, 0.4) is 0 Å². The molecule has 3 heteroatoms. The highest BCUT2D eigenvalue weighted by molar-refractivity contribution is 5.84. The van der Waals surface area contributed by atoms with Crippen LogP contribution in [0.25, 0.3) is 10.9 Å². The number of rotatable bonds is 8. The van der Waals surface area contributed by atoms with Crippen LogP contribution >= 0.6 is 0 Å². The van der Waals surface area contributed by atoms with Crippen molar-refractivity contribution in [3.05, 3.63) is 36.5 Å². The third-order valence-electron chi connectivity index (χ3n) is 3.39. The highest BCUT2D eigenvalue weighted by Gasteiger charge is 2.03. The molecule has 3 nitrogen and oxygen atoms in total. The number of hydrogen-bond donors (Lipinski definition) is 1. The van der Waals surface area contributed by atoms with Crippen LogP contribution in [0.5, 0.6) is 5.75 Å². The molecule has 0 bridgehead atoms. The van der Waals surface area contributed by atoms with Crippen molar-refractivity contribution >= 4 is 10.9 Å². The van der Waals surface area contributed by atoms with Crippen LogP contribution in [0.1, 0.15) is 33.1 Å². The normalized spacial score (nSPS) is 12.5. The van der Waals surface area contributed by atoms with E-state index >= 15 is 0 Å². The Morgan fingerprint density at radius 2 is 2.15 bits per heavy atom. The van der Waals surface area contributed by atoms with Crippen LogP contribution in [0.15, 0.2) is 36.5 Å². The van der Waals surface area contributed by atoms with E-state index in [2.05, 4.69) is 30.2 Å². The van der Waals surface area contributed by atoms with E-state index in [0.717, 1.165) is 42.6 Å². The summed E-state index contributed by atoms with van der Waals surface area (Å²) in [6, 6.07) is 10.6. The van der Waals surface area contributed by atoms with Crippen LogP contribution in [0.4, 0.5) is 0 Å². The standard InChI is InChI=1S/C17H24N2O/c1-3-11-18-14(2)7-6-13-20-17-10-4-9-16-15(17)8-5-12-19-16/h4-5,8-10,12,14,18H,3,6-7,11,13H2,1-2H3. The summed E-state index contributed by atoms with van der Waals surface area (Å²) in [4.78, 5) is 4.34. The molecule has 1 aromatic heterocycles. The fourth-order valence-electron chi connectivity index (χ4n) is 2.27. The minimum absolute atomic E-state index is 0.563. The van der Waals surface area contributed by atoms with E-state index < -0.39 is 0 Å². The zero-order valence-electron chi connectivity index (χ0n) is 12.4. The summed E-state index contributed by atoms with van der Waals surface area (Å²) in [6.45, 7) is 6.28. The van der Waals surface area contributed by atoms with Crippen molar-refractivity contribution < 1.29 is 4.74 Å². The first-order chi connectivity index (χ1) is 9.81. The molecule has 1 atom stereocenters. The van der Waals surface area contributed by atoms with Crippen molar-refractivity contribution in [2.45, 2.75) is 39.2 Å². The lowest BCUT2D eigenvalue weighted by atomic mass is 10.2. The first-order valence-electron chi connectivity index (χ1n) is 7.51. The van der Waals surface area contributed by atoms with Gasteiger partial charge < -0.3 is 10.1 Å². The molecule has 0 fully saturated rings. The molecule has 1 unspecified atom stereocenters. The predicted octanol–water partition coefficient (Wildman–Crippen LogP) is 3.78. The monoisotopic (exact) mass is 272 g/mol. The maximum absolute atomic E-state index is 5.91. The van der Waals surface area contributed by atoms with Crippen LogP contribution in [-0.4, -0.2) is 24.2 Å². The number of benzene rings is 1. The largest absolute Gasteiger partial charge is 0.493 e. The zero-order valence-corrected chi connectivity index (χ0v) is 12.4. The lowest BCUT2D eigenvalue weighted by Gasteiger charge is -2.13. The molecule has 0 saturated heterocycles. The number of ether oxygens (including phenoxy) is 1. The summed E-state index contributed by atoms with van der Waals surface area (Å²) < 4.78 is 5.91. The van der Waals surface area contributed by atoms with Crippen molar-refractivity contribution in [2.24, 2.45) is 0 Å². The smallest absolute Gasteiger partial charge is 0.128 e. The molecule has 0 aliphatic heterocycles. The Labute approximate surface area is 121 Å². The average molecular weight is 272 g/mol. The molecule has 20 heavy (non-hydrogen) atoms. The van der Waals surface area contributed by atoms with Crippen LogP contribution in [0.2, 0.25) is 0 Å². The SMILES string of the molecule is CCCNC(C)CCCOc1cccc2ncccc12. The fourth-order valence-corrected chi connectivity index (χ4v) is 2.27. The van der Waals surface area contributed by atoms with Crippen LogP contribution < -0.4 is 10.1 Å². The Hall–Kier alpha value is -1.61.